The van der Waals surface area contributed by atoms with E-state index in [0.717, 1.165) is 17.0 Å². The van der Waals surface area contributed by atoms with Crippen LogP contribution in [-0.4, -0.2) is 21.0 Å². The number of pyridine rings is 1. The molecular weight excluding hydrogens is 226 g/mol. The van der Waals surface area contributed by atoms with Gasteiger partial charge in [-0.25, -0.2) is 0 Å². The third kappa shape index (κ3) is 1.88. The van der Waals surface area contributed by atoms with E-state index in [4.69, 9.17) is 0 Å². The van der Waals surface area contributed by atoms with Crippen LogP contribution in [0.3, 0.4) is 0 Å². The number of nitrogens with one attached hydrogen (secondary N) is 1. The van der Waals surface area contributed by atoms with Crippen LogP contribution in [0.4, 0.5) is 0 Å². The quantitative estimate of drug-likeness (QED) is 0.871. The van der Waals surface area contributed by atoms with Gasteiger partial charge in [-0.05, 0) is 24.3 Å². The Hall–Kier alpha value is -2.49. The first-order valence-corrected chi connectivity index (χ1v) is 5.69. The van der Waals surface area contributed by atoms with Gasteiger partial charge in [-0.2, -0.15) is 5.10 Å². The van der Waals surface area contributed by atoms with Crippen molar-refractivity contribution in [2.45, 2.75) is 5.92 Å². The summed E-state index contributed by atoms with van der Waals surface area (Å²) in [5, 5.41) is 7.04. The van der Waals surface area contributed by atoms with Gasteiger partial charge in [0.1, 0.15) is 0 Å². The lowest BCUT2D eigenvalue weighted by Crippen LogP contribution is -2.00. The monoisotopic (exact) mass is 237 g/mol. The fourth-order valence-corrected chi connectivity index (χ4v) is 1.99. The van der Waals surface area contributed by atoms with E-state index < -0.39 is 0 Å². The van der Waals surface area contributed by atoms with E-state index >= 15 is 0 Å². The molecule has 88 valence electrons. The minimum Gasteiger partial charge on any atom is -0.290 e. The highest BCUT2D eigenvalue weighted by Crippen LogP contribution is 2.29. The Morgan fingerprint density at radius 2 is 2.00 bits per heavy atom. The number of carbonyl (C=O) groups is 1. The van der Waals surface area contributed by atoms with Gasteiger partial charge < -0.3 is 0 Å². The summed E-state index contributed by atoms with van der Waals surface area (Å²) < 4.78 is 0. The van der Waals surface area contributed by atoms with Crippen molar-refractivity contribution >= 4 is 5.78 Å². The van der Waals surface area contributed by atoms with Crippen LogP contribution in [0.5, 0.6) is 0 Å². The number of hydrogen-bond acceptors (Lipinski definition) is 3. The smallest absolute Gasteiger partial charge is 0.178 e. The molecule has 1 aliphatic carbocycles. The second-order valence-corrected chi connectivity index (χ2v) is 4.06. The zero-order valence-corrected chi connectivity index (χ0v) is 9.58. The second-order valence-electron chi connectivity index (χ2n) is 4.06. The molecule has 0 radical (unpaired) electrons. The van der Waals surface area contributed by atoms with E-state index in [1.165, 1.54) is 0 Å². The maximum atomic E-state index is 11.1. The molecule has 0 aromatic carbocycles. The molecule has 3 rings (SSSR count). The van der Waals surface area contributed by atoms with Crippen molar-refractivity contribution in [1.29, 1.82) is 0 Å². The fourth-order valence-electron chi connectivity index (χ4n) is 1.99. The summed E-state index contributed by atoms with van der Waals surface area (Å²) in [7, 11) is 0. The van der Waals surface area contributed by atoms with Gasteiger partial charge in [-0.1, -0.05) is 18.2 Å². The van der Waals surface area contributed by atoms with E-state index in [1.807, 2.05) is 30.4 Å². The van der Waals surface area contributed by atoms with Crippen molar-refractivity contribution < 1.29 is 4.79 Å². The molecule has 1 N–H and O–H groups in total. The van der Waals surface area contributed by atoms with Gasteiger partial charge in [-0.15, -0.1) is 0 Å². The molecule has 0 fully saturated rings. The number of aromatic amines is 1. The van der Waals surface area contributed by atoms with Crippen LogP contribution < -0.4 is 0 Å². The Morgan fingerprint density at radius 1 is 1.17 bits per heavy atom. The molecule has 0 saturated heterocycles. The molecule has 0 atom stereocenters. The maximum Gasteiger partial charge on any atom is 0.178 e. The lowest BCUT2D eigenvalue weighted by Gasteiger charge is -2.10. The molecule has 4 nitrogen and oxygen atoms in total. The van der Waals surface area contributed by atoms with Crippen LogP contribution in [0.25, 0.3) is 11.4 Å². The van der Waals surface area contributed by atoms with Gasteiger partial charge in [0.25, 0.3) is 0 Å². The normalized spacial score (nSPS) is 15.2. The van der Waals surface area contributed by atoms with Crippen LogP contribution in [0.1, 0.15) is 11.5 Å². The van der Waals surface area contributed by atoms with Crippen LogP contribution >= 0.6 is 0 Å². The first-order valence-electron chi connectivity index (χ1n) is 5.69. The Kier molecular flexibility index (Phi) is 2.61. The Morgan fingerprint density at radius 3 is 2.72 bits per heavy atom. The highest BCUT2D eigenvalue weighted by molar-refractivity contribution is 6.00. The topological polar surface area (TPSA) is 58.6 Å². The maximum absolute atomic E-state index is 11.1. The van der Waals surface area contributed by atoms with Crippen LogP contribution in [0, 0.1) is 0 Å². The van der Waals surface area contributed by atoms with E-state index in [1.54, 1.807) is 24.5 Å². The predicted molar refractivity (Wildman–Crippen MR) is 67.8 cm³/mol. The molecule has 0 unspecified atom stereocenters. The molecule has 0 aliphatic heterocycles. The number of hydrogen-bond donors (Lipinski definition) is 1. The molecule has 2 heterocycles. The van der Waals surface area contributed by atoms with Crippen molar-refractivity contribution in [2.24, 2.45) is 0 Å². The first kappa shape index (κ1) is 10.7. The van der Waals surface area contributed by atoms with E-state index in [9.17, 15) is 4.79 Å². The average Bonchev–Trinajstić information content (AvgIpc) is 2.90. The van der Waals surface area contributed by atoms with Crippen LogP contribution in [-0.2, 0) is 4.79 Å². The number of aromatic nitrogens is 3. The summed E-state index contributed by atoms with van der Waals surface area (Å²) >= 11 is 0. The third-order valence-electron chi connectivity index (χ3n) is 2.88. The van der Waals surface area contributed by atoms with Crippen LogP contribution in [0.15, 0.2) is 54.9 Å². The molecule has 0 bridgehead atoms. The molecule has 0 amide bonds. The lowest BCUT2D eigenvalue weighted by atomic mass is 9.94. The zero-order chi connectivity index (χ0) is 12.4. The molecule has 2 aromatic heterocycles. The summed E-state index contributed by atoms with van der Waals surface area (Å²) in [5.41, 5.74) is 2.77. The van der Waals surface area contributed by atoms with E-state index in [2.05, 4.69) is 15.2 Å². The molecule has 4 heteroatoms. The summed E-state index contributed by atoms with van der Waals surface area (Å²) in [6, 6.07) is 5.74. The molecule has 0 saturated carbocycles. The van der Waals surface area contributed by atoms with E-state index in [0.29, 0.717) is 0 Å². The standard InChI is InChI=1S/C14H11N3O/c18-11-6-4-10(5-7-11)12-9-16-17-14(12)13-3-1-2-8-15-13/h1-10H,(H,16,17). The van der Waals surface area contributed by atoms with Gasteiger partial charge in [0.15, 0.2) is 5.78 Å². The number of allylic oxidation sites excluding steroid dienone is 4. The minimum atomic E-state index is 0.0223. The average molecular weight is 237 g/mol. The largest absolute Gasteiger partial charge is 0.290 e. The Labute approximate surface area is 104 Å². The van der Waals surface area contributed by atoms with Gasteiger partial charge in [-0.3, -0.25) is 14.9 Å². The van der Waals surface area contributed by atoms with Gasteiger partial charge >= 0.3 is 0 Å². The second kappa shape index (κ2) is 4.41. The molecular formula is C14H11N3O. The SMILES string of the molecule is O=C1C=CC(c2cn[nH]c2-c2ccccn2)C=C1. The third-order valence-corrected chi connectivity index (χ3v) is 2.88. The van der Waals surface area contributed by atoms with Gasteiger partial charge in [0.05, 0.1) is 17.6 Å². The first-order chi connectivity index (χ1) is 8.84. The highest BCUT2D eigenvalue weighted by atomic mass is 16.1. The van der Waals surface area contributed by atoms with Crippen molar-refractivity contribution in [3.05, 3.63) is 60.5 Å². The number of ketones is 1. The minimum absolute atomic E-state index is 0.0223. The summed E-state index contributed by atoms with van der Waals surface area (Å²) in [5.74, 6) is 0.0904. The fraction of sp³-hybridized carbons (Fsp3) is 0.0714. The summed E-state index contributed by atoms with van der Waals surface area (Å²) in [6.45, 7) is 0. The van der Waals surface area contributed by atoms with Crippen molar-refractivity contribution in [1.82, 2.24) is 15.2 Å². The number of carbonyl (C=O) groups excluding carboxylic acids is 1. The van der Waals surface area contributed by atoms with Crippen molar-refractivity contribution in [2.75, 3.05) is 0 Å². The Balaban J connectivity index is 2.00. The molecule has 18 heavy (non-hydrogen) atoms. The van der Waals surface area contributed by atoms with Crippen molar-refractivity contribution in [3.8, 4) is 11.4 Å². The van der Waals surface area contributed by atoms with E-state index in [-0.39, 0.29) is 11.7 Å². The summed E-state index contributed by atoms with van der Waals surface area (Å²) in [6.07, 6.45) is 10.4. The molecule has 0 spiro atoms. The Bertz CT molecular complexity index is 609. The van der Waals surface area contributed by atoms with Crippen molar-refractivity contribution in [3.63, 3.8) is 0 Å². The predicted octanol–water partition coefficient (Wildman–Crippen LogP) is 2.25. The van der Waals surface area contributed by atoms with Gasteiger partial charge in [0.2, 0.25) is 0 Å². The highest BCUT2D eigenvalue weighted by Gasteiger charge is 2.16. The zero-order valence-electron chi connectivity index (χ0n) is 9.58. The number of rotatable bonds is 2. The number of nitrogens with zero attached hydrogens (tertiary/aromatic N) is 2. The van der Waals surface area contributed by atoms with Crippen LogP contribution in [0.2, 0.25) is 0 Å². The lowest BCUT2D eigenvalue weighted by molar-refractivity contribution is -0.110. The number of H-pyrrole nitrogens is 1. The molecule has 1 aliphatic rings. The van der Waals surface area contributed by atoms with Gasteiger partial charge in [0, 0.05) is 17.7 Å². The molecule has 2 aromatic rings. The summed E-state index contributed by atoms with van der Waals surface area (Å²) in [4.78, 5) is 15.4.